The fraction of sp³-hybridized carbons (Fsp3) is 0.308. The molecule has 0 saturated heterocycles. The number of nitriles is 1. The number of nitrogens with zero attached hydrogens (tertiary/aromatic N) is 1. The quantitative estimate of drug-likeness (QED) is 0.759. The molecule has 0 aliphatic heterocycles. The van der Waals surface area contributed by atoms with Gasteiger partial charge in [0.1, 0.15) is 11.8 Å². The van der Waals surface area contributed by atoms with Gasteiger partial charge in [-0.1, -0.05) is 24.1 Å². The lowest BCUT2D eigenvalue weighted by atomic mass is 10.2. The zero-order valence-electron chi connectivity index (χ0n) is 9.23. The van der Waals surface area contributed by atoms with Crippen LogP contribution in [0.2, 0.25) is 0 Å². The molecule has 16 heavy (non-hydrogen) atoms. The van der Waals surface area contributed by atoms with Crippen LogP contribution in [0.4, 0.5) is 0 Å². The first-order valence-electron chi connectivity index (χ1n) is 5.05. The van der Waals surface area contributed by atoms with Gasteiger partial charge in [-0.2, -0.15) is 5.26 Å². The van der Waals surface area contributed by atoms with Crippen LogP contribution in [0, 0.1) is 23.7 Å². The maximum Gasteiger partial charge on any atom is 0.174 e. The summed E-state index contributed by atoms with van der Waals surface area (Å²) in [6.07, 6.45) is 5.27. The molecule has 3 heteroatoms. The van der Waals surface area contributed by atoms with Gasteiger partial charge in [0.25, 0.3) is 0 Å². The number of hydrogen-bond acceptors (Lipinski definition) is 3. The van der Waals surface area contributed by atoms with Crippen LogP contribution in [0.5, 0.6) is 5.75 Å². The molecule has 82 valence electrons. The molecule has 0 amide bonds. The van der Waals surface area contributed by atoms with Gasteiger partial charge in [0, 0.05) is 12.1 Å². The van der Waals surface area contributed by atoms with Gasteiger partial charge in [-0.25, -0.2) is 0 Å². The van der Waals surface area contributed by atoms with Crippen molar-refractivity contribution in [1.29, 1.82) is 5.26 Å². The Morgan fingerprint density at radius 1 is 1.50 bits per heavy atom. The SMILES string of the molecule is C#CC(C)NCc1ccccc1OCC#N. The van der Waals surface area contributed by atoms with Crippen LogP contribution >= 0.6 is 0 Å². The molecule has 0 radical (unpaired) electrons. The normalized spacial score (nSPS) is 11.2. The van der Waals surface area contributed by atoms with Crippen molar-refractivity contribution in [2.24, 2.45) is 0 Å². The molecule has 1 rings (SSSR count). The topological polar surface area (TPSA) is 45.0 Å². The third-order valence-corrected chi connectivity index (χ3v) is 2.11. The van der Waals surface area contributed by atoms with E-state index in [-0.39, 0.29) is 12.6 Å². The van der Waals surface area contributed by atoms with Gasteiger partial charge in [0.05, 0.1) is 6.04 Å². The Balaban J connectivity index is 2.65. The minimum Gasteiger partial charge on any atom is -0.478 e. The predicted octanol–water partition coefficient (Wildman–Crippen LogP) is 1.70. The van der Waals surface area contributed by atoms with Crippen molar-refractivity contribution in [3.05, 3.63) is 29.8 Å². The molecule has 0 fully saturated rings. The van der Waals surface area contributed by atoms with Crippen molar-refractivity contribution in [2.45, 2.75) is 19.5 Å². The van der Waals surface area contributed by atoms with E-state index in [0.29, 0.717) is 6.54 Å². The first kappa shape index (κ1) is 12.1. The van der Waals surface area contributed by atoms with Gasteiger partial charge in [0.2, 0.25) is 0 Å². The van der Waals surface area contributed by atoms with Crippen LogP contribution in [-0.2, 0) is 6.54 Å². The summed E-state index contributed by atoms with van der Waals surface area (Å²) in [6, 6.07) is 9.55. The third-order valence-electron chi connectivity index (χ3n) is 2.11. The Morgan fingerprint density at radius 3 is 2.94 bits per heavy atom. The largest absolute Gasteiger partial charge is 0.478 e. The lowest BCUT2D eigenvalue weighted by Crippen LogP contribution is -2.23. The molecule has 0 bridgehead atoms. The average Bonchev–Trinajstić information content (AvgIpc) is 2.34. The highest BCUT2D eigenvalue weighted by Gasteiger charge is 2.03. The molecule has 1 unspecified atom stereocenters. The minimum atomic E-state index is 0.0176. The predicted molar refractivity (Wildman–Crippen MR) is 62.7 cm³/mol. The van der Waals surface area contributed by atoms with Crippen LogP contribution in [0.1, 0.15) is 12.5 Å². The highest BCUT2D eigenvalue weighted by atomic mass is 16.5. The molecule has 1 aromatic carbocycles. The molecule has 0 aromatic heterocycles. The summed E-state index contributed by atoms with van der Waals surface area (Å²) in [7, 11) is 0. The average molecular weight is 214 g/mol. The van der Waals surface area contributed by atoms with E-state index in [9.17, 15) is 0 Å². The van der Waals surface area contributed by atoms with Crippen molar-refractivity contribution in [2.75, 3.05) is 6.61 Å². The molecule has 0 aliphatic carbocycles. The fourth-order valence-electron chi connectivity index (χ4n) is 1.22. The van der Waals surface area contributed by atoms with Crippen molar-refractivity contribution in [3.63, 3.8) is 0 Å². The second kappa shape index (κ2) is 6.50. The minimum absolute atomic E-state index is 0.0176. The van der Waals surface area contributed by atoms with E-state index in [2.05, 4.69) is 11.2 Å². The zero-order valence-corrected chi connectivity index (χ0v) is 9.23. The Kier molecular flexibility index (Phi) is 4.92. The zero-order chi connectivity index (χ0) is 11.8. The molecule has 1 aromatic rings. The summed E-state index contributed by atoms with van der Waals surface area (Å²) in [4.78, 5) is 0. The first-order valence-corrected chi connectivity index (χ1v) is 5.05. The van der Waals surface area contributed by atoms with E-state index in [1.807, 2.05) is 37.3 Å². The van der Waals surface area contributed by atoms with Crippen LogP contribution in [0.3, 0.4) is 0 Å². The Labute approximate surface area is 96.0 Å². The van der Waals surface area contributed by atoms with E-state index in [1.165, 1.54) is 0 Å². The Hall–Kier alpha value is -1.97. The Morgan fingerprint density at radius 2 is 2.25 bits per heavy atom. The fourth-order valence-corrected chi connectivity index (χ4v) is 1.22. The number of hydrogen-bond donors (Lipinski definition) is 1. The van der Waals surface area contributed by atoms with Gasteiger partial charge in [-0.15, -0.1) is 6.42 Å². The number of nitrogens with one attached hydrogen (secondary N) is 1. The van der Waals surface area contributed by atoms with E-state index < -0.39 is 0 Å². The van der Waals surface area contributed by atoms with Gasteiger partial charge in [0.15, 0.2) is 6.61 Å². The molecule has 0 saturated carbocycles. The Bertz CT molecular complexity index is 415. The summed E-state index contributed by atoms with van der Waals surface area (Å²) >= 11 is 0. The van der Waals surface area contributed by atoms with Crippen molar-refractivity contribution < 1.29 is 4.74 Å². The second-order valence-corrected chi connectivity index (χ2v) is 3.32. The highest BCUT2D eigenvalue weighted by Crippen LogP contribution is 2.17. The maximum absolute atomic E-state index is 8.46. The number of para-hydroxylation sites is 1. The van der Waals surface area contributed by atoms with Crippen LogP contribution in [0.15, 0.2) is 24.3 Å². The summed E-state index contributed by atoms with van der Waals surface area (Å²) in [5, 5.41) is 11.6. The molecule has 3 nitrogen and oxygen atoms in total. The maximum atomic E-state index is 8.46. The third kappa shape index (κ3) is 3.65. The molecule has 1 atom stereocenters. The molecule has 0 aliphatic rings. The summed E-state index contributed by atoms with van der Waals surface area (Å²) in [5.41, 5.74) is 1.000. The molecule has 0 heterocycles. The van der Waals surface area contributed by atoms with E-state index in [0.717, 1.165) is 11.3 Å². The second-order valence-electron chi connectivity index (χ2n) is 3.32. The number of ether oxygens (including phenoxy) is 1. The van der Waals surface area contributed by atoms with E-state index >= 15 is 0 Å². The van der Waals surface area contributed by atoms with Crippen molar-refractivity contribution in [3.8, 4) is 24.2 Å². The van der Waals surface area contributed by atoms with Gasteiger partial charge >= 0.3 is 0 Å². The van der Waals surface area contributed by atoms with Crippen LogP contribution < -0.4 is 10.1 Å². The van der Waals surface area contributed by atoms with Gasteiger partial charge in [-0.05, 0) is 13.0 Å². The summed E-state index contributed by atoms with van der Waals surface area (Å²) in [5.74, 6) is 3.32. The monoisotopic (exact) mass is 214 g/mol. The lowest BCUT2D eigenvalue weighted by Gasteiger charge is -2.11. The smallest absolute Gasteiger partial charge is 0.174 e. The van der Waals surface area contributed by atoms with E-state index in [4.69, 9.17) is 16.4 Å². The summed E-state index contributed by atoms with van der Waals surface area (Å²) in [6.45, 7) is 2.60. The van der Waals surface area contributed by atoms with Crippen molar-refractivity contribution >= 4 is 0 Å². The lowest BCUT2D eigenvalue weighted by molar-refractivity contribution is 0.362. The van der Waals surface area contributed by atoms with Gasteiger partial charge in [-0.3, -0.25) is 5.32 Å². The van der Waals surface area contributed by atoms with E-state index in [1.54, 1.807) is 0 Å². The molecular weight excluding hydrogens is 200 g/mol. The van der Waals surface area contributed by atoms with Crippen LogP contribution in [0.25, 0.3) is 0 Å². The standard InChI is InChI=1S/C13H14N2O/c1-3-11(2)15-10-12-6-4-5-7-13(12)16-9-8-14/h1,4-7,11,15H,9-10H2,2H3. The number of rotatable bonds is 5. The highest BCUT2D eigenvalue weighted by molar-refractivity contribution is 5.33. The van der Waals surface area contributed by atoms with Crippen molar-refractivity contribution in [1.82, 2.24) is 5.32 Å². The first-order chi connectivity index (χ1) is 7.77. The van der Waals surface area contributed by atoms with Crippen LogP contribution in [-0.4, -0.2) is 12.6 Å². The number of terminal acetylenes is 1. The number of benzene rings is 1. The molecule has 1 N–H and O–H groups in total. The summed E-state index contributed by atoms with van der Waals surface area (Å²) < 4.78 is 5.30. The molecular formula is C13H14N2O. The van der Waals surface area contributed by atoms with Gasteiger partial charge < -0.3 is 4.74 Å². The molecule has 0 spiro atoms.